The molecule has 0 aromatic heterocycles. The molecule has 2 heterocycles. The van der Waals surface area contributed by atoms with Gasteiger partial charge in [-0.05, 0) is 30.5 Å². The minimum atomic E-state index is -0.612. The highest BCUT2D eigenvalue weighted by atomic mass is 16.5. The zero-order valence-corrected chi connectivity index (χ0v) is 12.2. The molecule has 2 aliphatic rings. The molecule has 3 atom stereocenters. The van der Waals surface area contributed by atoms with Crippen LogP contribution in [0.5, 0.6) is 5.75 Å². The molecule has 5 nitrogen and oxygen atoms in total. The van der Waals surface area contributed by atoms with Crippen molar-refractivity contribution in [3.05, 3.63) is 29.3 Å². The van der Waals surface area contributed by atoms with Gasteiger partial charge >= 0.3 is 0 Å². The van der Waals surface area contributed by atoms with Crippen LogP contribution in [0.3, 0.4) is 0 Å². The third-order valence-electron chi connectivity index (χ3n) is 4.30. The fourth-order valence-corrected chi connectivity index (χ4v) is 3.15. The molecule has 114 valence electrons. The number of carbonyl (C=O) groups is 1. The fourth-order valence-electron chi connectivity index (χ4n) is 3.15. The van der Waals surface area contributed by atoms with Gasteiger partial charge in [-0.25, -0.2) is 0 Å². The first-order valence-electron chi connectivity index (χ1n) is 7.55. The quantitative estimate of drug-likeness (QED) is 0.888. The average molecular weight is 291 g/mol. The Hall–Kier alpha value is -1.59. The van der Waals surface area contributed by atoms with Gasteiger partial charge in [-0.3, -0.25) is 4.79 Å². The van der Waals surface area contributed by atoms with Crippen LogP contribution < -0.4 is 10.1 Å². The Labute approximate surface area is 124 Å². The van der Waals surface area contributed by atoms with Crippen LogP contribution in [0.15, 0.2) is 18.2 Å². The van der Waals surface area contributed by atoms with Crippen LogP contribution in [0.2, 0.25) is 0 Å². The zero-order chi connectivity index (χ0) is 14.8. The lowest BCUT2D eigenvalue weighted by atomic mass is 9.88. The van der Waals surface area contributed by atoms with E-state index in [-0.39, 0.29) is 17.9 Å². The van der Waals surface area contributed by atoms with E-state index in [4.69, 9.17) is 9.47 Å². The highest BCUT2D eigenvalue weighted by molar-refractivity contribution is 5.97. The van der Waals surface area contributed by atoms with Crippen molar-refractivity contribution in [1.82, 2.24) is 5.32 Å². The first-order valence-corrected chi connectivity index (χ1v) is 7.55. The summed E-state index contributed by atoms with van der Waals surface area (Å²) in [5, 5.41) is 13.4. The number of benzene rings is 1. The number of ether oxygens (including phenoxy) is 2. The molecule has 0 radical (unpaired) electrons. The Kier molecular flexibility index (Phi) is 4.12. The number of aliphatic hydroxyl groups is 1. The third kappa shape index (κ3) is 2.76. The largest absolute Gasteiger partial charge is 0.491 e. The van der Waals surface area contributed by atoms with E-state index in [9.17, 15) is 9.90 Å². The van der Waals surface area contributed by atoms with Crippen molar-refractivity contribution in [1.29, 1.82) is 0 Å². The number of hydrogen-bond acceptors (Lipinski definition) is 4. The second-order valence-electron chi connectivity index (χ2n) is 5.57. The molecular formula is C16H21NO4. The first-order chi connectivity index (χ1) is 10.2. The maximum absolute atomic E-state index is 12.0. The molecule has 1 aromatic carbocycles. The van der Waals surface area contributed by atoms with Crippen molar-refractivity contribution in [2.24, 2.45) is 5.92 Å². The minimum absolute atomic E-state index is 0.0859. The van der Waals surface area contributed by atoms with E-state index in [2.05, 4.69) is 12.2 Å². The van der Waals surface area contributed by atoms with Crippen molar-refractivity contribution >= 4 is 5.91 Å². The minimum Gasteiger partial charge on any atom is -0.491 e. The number of hydrogen-bond donors (Lipinski definition) is 2. The molecule has 3 unspecified atom stereocenters. The number of nitrogens with one attached hydrogen (secondary N) is 1. The molecule has 2 aliphatic heterocycles. The second kappa shape index (κ2) is 6.03. The molecule has 1 aromatic rings. The van der Waals surface area contributed by atoms with Crippen LogP contribution in [0, 0.1) is 5.92 Å². The average Bonchev–Trinajstić information content (AvgIpc) is 2.91. The Morgan fingerprint density at radius 3 is 3.10 bits per heavy atom. The number of amides is 1. The monoisotopic (exact) mass is 291 g/mol. The van der Waals surface area contributed by atoms with Gasteiger partial charge in [0.1, 0.15) is 12.4 Å². The SMILES string of the molecule is CCC1OCCC1C(O)c1ccc2c(c1)C(=O)NCCO2. The predicted molar refractivity (Wildman–Crippen MR) is 77.4 cm³/mol. The van der Waals surface area contributed by atoms with Gasteiger partial charge in [0.25, 0.3) is 5.91 Å². The standard InChI is InChI=1S/C16H21NO4/c1-2-13-11(5-7-20-13)15(18)10-3-4-14-12(9-10)16(19)17-6-8-21-14/h3-4,9,11,13,15,18H,2,5-8H2,1H3,(H,17,19). The van der Waals surface area contributed by atoms with E-state index in [0.717, 1.165) is 18.4 Å². The smallest absolute Gasteiger partial charge is 0.255 e. The third-order valence-corrected chi connectivity index (χ3v) is 4.30. The topological polar surface area (TPSA) is 67.8 Å². The normalized spacial score (nSPS) is 26.5. The van der Waals surface area contributed by atoms with Gasteiger partial charge in [-0.1, -0.05) is 13.0 Å². The molecule has 5 heteroatoms. The summed E-state index contributed by atoms with van der Waals surface area (Å²) in [5.41, 5.74) is 1.25. The highest BCUT2D eigenvalue weighted by Crippen LogP contribution is 2.36. The predicted octanol–water partition coefficient (Wildman–Crippen LogP) is 1.66. The van der Waals surface area contributed by atoms with Crippen molar-refractivity contribution in [2.75, 3.05) is 19.8 Å². The lowest BCUT2D eigenvalue weighted by Gasteiger charge is -2.23. The summed E-state index contributed by atoms with van der Waals surface area (Å²) in [5.74, 6) is 0.518. The highest BCUT2D eigenvalue weighted by Gasteiger charge is 2.34. The summed E-state index contributed by atoms with van der Waals surface area (Å²) in [7, 11) is 0. The number of carbonyl (C=O) groups excluding carboxylic acids is 1. The van der Waals surface area contributed by atoms with Crippen molar-refractivity contribution in [2.45, 2.75) is 32.0 Å². The van der Waals surface area contributed by atoms with Gasteiger partial charge in [0.05, 0.1) is 24.3 Å². The van der Waals surface area contributed by atoms with Crippen LogP contribution in [-0.2, 0) is 4.74 Å². The maximum atomic E-state index is 12.0. The number of rotatable bonds is 3. The van der Waals surface area contributed by atoms with E-state index in [1.807, 2.05) is 6.07 Å². The lowest BCUT2D eigenvalue weighted by Crippen LogP contribution is -2.25. The van der Waals surface area contributed by atoms with E-state index >= 15 is 0 Å². The van der Waals surface area contributed by atoms with Crippen LogP contribution in [0.25, 0.3) is 0 Å². The van der Waals surface area contributed by atoms with Crippen LogP contribution in [-0.4, -0.2) is 36.9 Å². The lowest BCUT2D eigenvalue weighted by molar-refractivity contribution is 0.0307. The van der Waals surface area contributed by atoms with Gasteiger partial charge in [-0.15, -0.1) is 0 Å². The van der Waals surface area contributed by atoms with Gasteiger partial charge in [0.15, 0.2) is 0 Å². The Morgan fingerprint density at radius 1 is 1.43 bits per heavy atom. The van der Waals surface area contributed by atoms with Crippen LogP contribution in [0.4, 0.5) is 0 Å². The van der Waals surface area contributed by atoms with Crippen LogP contribution >= 0.6 is 0 Å². The maximum Gasteiger partial charge on any atom is 0.255 e. The molecule has 0 bridgehead atoms. The molecule has 0 saturated carbocycles. The Bertz CT molecular complexity index is 531. The molecule has 3 rings (SSSR count). The van der Waals surface area contributed by atoms with Gasteiger partial charge in [0.2, 0.25) is 0 Å². The summed E-state index contributed by atoms with van der Waals surface area (Å²) < 4.78 is 11.2. The first kappa shape index (κ1) is 14.4. The Morgan fingerprint density at radius 2 is 2.29 bits per heavy atom. The second-order valence-corrected chi connectivity index (χ2v) is 5.57. The van der Waals surface area contributed by atoms with E-state index in [1.165, 1.54) is 0 Å². The molecular weight excluding hydrogens is 270 g/mol. The van der Waals surface area contributed by atoms with Gasteiger partial charge in [0, 0.05) is 12.5 Å². The van der Waals surface area contributed by atoms with Crippen LogP contribution in [0.1, 0.15) is 41.8 Å². The van der Waals surface area contributed by atoms with Crippen molar-refractivity contribution in [3.8, 4) is 5.75 Å². The molecule has 1 saturated heterocycles. The molecule has 0 spiro atoms. The summed E-state index contributed by atoms with van der Waals surface area (Å²) in [6, 6.07) is 5.36. The van der Waals surface area contributed by atoms with Crippen molar-refractivity contribution < 1.29 is 19.4 Å². The molecule has 1 fully saturated rings. The zero-order valence-electron chi connectivity index (χ0n) is 12.2. The molecule has 2 N–H and O–H groups in total. The molecule has 0 aliphatic carbocycles. The summed E-state index contributed by atoms with van der Waals surface area (Å²) in [6.07, 6.45) is 1.21. The fraction of sp³-hybridized carbons (Fsp3) is 0.562. The van der Waals surface area contributed by atoms with E-state index in [0.29, 0.717) is 31.1 Å². The summed E-state index contributed by atoms with van der Waals surface area (Å²) in [6.45, 7) is 3.72. The summed E-state index contributed by atoms with van der Waals surface area (Å²) in [4.78, 5) is 12.0. The summed E-state index contributed by atoms with van der Waals surface area (Å²) >= 11 is 0. The number of aliphatic hydroxyl groups excluding tert-OH is 1. The molecule has 21 heavy (non-hydrogen) atoms. The van der Waals surface area contributed by atoms with Gasteiger partial charge < -0.3 is 19.9 Å². The van der Waals surface area contributed by atoms with Crippen molar-refractivity contribution in [3.63, 3.8) is 0 Å². The molecule has 1 amide bonds. The Balaban J connectivity index is 1.87. The number of fused-ring (bicyclic) bond motifs is 1. The van der Waals surface area contributed by atoms with Gasteiger partial charge in [-0.2, -0.15) is 0 Å². The van der Waals surface area contributed by atoms with E-state index < -0.39 is 6.10 Å². The van der Waals surface area contributed by atoms with E-state index in [1.54, 1.807) is 12.1 Å².